The van der Waals surface area contributed by atoms with Crippen LogP contribution in [-0.2, 0) is 9.63 Å². The summed E-state index contributed by atoms with van der Waals surface area (Å²) in [5.41, 5.74) is 0.897. The minimum absolute atomic E-state index is 0.220. The van der Waals surface area contributed by atoms with Crippen LogP contribution in [0.1, 0.15) is 6.42 Å². The predicted octanol–water partition coefficient (Wildman–Crippen LogP) is 1.91. The summed E-state index contributed by atoms with van der Waals surface area (Å²) in [6.07, 6.45) is 5.04. The lowest BCUT2D eigenvalue weighted by molar-refractivity contribution is -0.110. The van der Waals surface area contributed by atoms with Gasteiger partial charge >= 0.3 is 0 Å². The van der Waals surface area contributed by atoms with E-state index in [0.29, 0.717) is 6.42 Å². The molecule has 1 atom stereocenters. The lowest BCUT2D eigenvalue weighted by Gasteiger charge is -2.29. The Morgan fingerprint density at radius 2 is 2.14 bits per heavy atom. The Labute approximate surface area is 82.5 Å². The molecule has 1 heterocycles. The van der Waals surface area contributed by atoms with Crippen LogP contribution in [0.5, 0.6) is 0 Å². The summed E-state index contributed by atoms with van der Waals surface area (Å²) >= 11 is 0. The number of hydroxylamine groups is 1. The van der Waals surface area contributed by atoms with Crippen molar-refractivity contribution in [3.8, 4) is 0 Å². The molecule has 0 N–H and O–H groups in total. The average molecular weight is 189 g/mol. The van der Waals surface area contributed by atoms with Crippen molar-refractivity contribution in [2.75, 3.05) is 5.06 Å². The zero-order valence-corrected chi connectivity index (χ0v) is 7.67. The van der Waals surface area contributed by atoms with Gasteiger partial charge in [-0.2, -0.15) is 0 Å². The number of nitrogens with zero attached hydrogens (tertiary/aromatic N) is 1. The van der Waals surface area contributed by atoms with Gasteiger partial charge in [0.05, 0.1) is 5.69 Å². The second kappa shape index (κ2) is 3.96. The van der Waals surface area contributed by atoms with E-state index in [9.17, 15) is 4.79 Å². The highest BCUT2D eigenvalue weighted by molar-refractivity contribution is 5.65. The average Bonchev–Trinajstić information content (AvgIpc) is 2.30. The fraction of sp³-hybridized carbons (Fsp3) is 0.182. The van der Waals surface area contributed by atoms with Crippen LogP contribution in [0.2, 0.25) is 0 Å². The molecule has 1 aromatic rings. The third-order valence-corrected chi connectivity index (χ3v) is 2.12. The lowest BCUT2D eigenvalue weighted by Crippen LogP contribution is -2.36. The Bertz CT molecular complexity index is 334. The van der Waals surface area contributed by atoms with E-state index in [2.05, 4.69) is 0 Å². The van der Waals surface area contributed by atoms with E-state index in [0.717, 1.165) is 12.0 Å². The van der Waals surface area contributed by atoms with E-state index in [1.807, 2.05) is 36.4 Å². The van der Waals surface area contributed by atoms with Crippen LogP contribution in [0.25, 0.3) is 0 Å². The van der Waals surface area contributed by atoms with Gasteiger partial charge in [0.2, 0.25) is 0 Å². The predicted molar refractivity (Wildman–Crippen MR) is 53.6 cm³/mol. The van der Waals surface area contributed by atoms with Gasteiger partial charge in [0.25, 0.3) is 0 Å². The van der Waals surface area contributed by atoms with E-state index in [1.165, 1.54) is 0 Å². The molecule has 2 rings (SSSR count). The first-order valence-electron chi connectivity index (χ1n) is 4.53. The SMILES string of the molecule is O=CC1CC=CON1c1ccccc1. The summed E-state index contributed by atoms with van der Waals surface area (Å²) in [7, 11) is 0. The van der Waals surface area contributed by atoms with E-state index in [4.69, 9.17) is 4.84 Å². The number of hydrogen-bond donors (Lipinski definition) is 0. The van der Waals surface area contributed by atoms with Crippen LogP contribution in [0.4, 0.5) is 5.69 Å². The molecule has 1 unspecified atom stereocenters. The molecule has 0 fully saturated rings. The molecule has 0 amide bonds. The first-order valence-corrected chi connectivity index (χ1v) is 4.53. The minimum atomic E-state index is -0.220. The van der Waals surface area contributed by atoms with Gasteiger partial charge in [-0.25, -0.2) is 5.06 Å². The standard InChI is InChI=1S/C11H11NO2/c13-9-11-7-4-8-14-12(11)10-5-2-1-3-6-10/h1-6,8-9,11H,7H2. The van der Waals surface area contributed by atoms with Crippen molar-refractivity contribution in [1.29, 1.82) is 0 Å². The van der Waals surface area contributed by atoms with Crippen LogP contribution < -0.4 is 5.06 Å². The van der Waals surface area contributed by atoms with E-state index in [1.54, 1.807) is 11.3 Å². The molecule has 0 aliphatic carbocycles. The van der Waals surface area contributed by atoms with Gasteiger partial charge in [-0.3, -0.25) is 0 Å². The Kier molecular flexibility index (Phi) is 2.49. The molecular weight excluding hydrogens is 178 g/mol. The maximum atomic E-state index is 10.8. The largest absolute Gasteiger partial charge is 0.387 e. The van der Waals surface area contributed by atoms with Crippen LogP contribution in [0.15, 0.2) is 42.7 Å². The molecule has 1 aliphatic heterocycles. The van der Waals surface area contributed by atoms with E-state index >= 15 is 0 Å². The summed E-state index contributed by atoms with van der Waals surface area (Å²) in [6.45, 7) is 0. The summed E-state index contributed by atoms with van der Waals surface area (Å²) in [6, 6.07) is 9.37. The molecule has 1 aliphatic rings. The van der Waals surface area contributed by atoms with E-state index in [-0.39, 0.29) is 6.04 Å². The number of anilines is 1. The van der Waals surface area contributed by atoms with Crippen molar-refractivity contribution in [3.05, 3.63) is 42.7 Å². The molecule has 0 saturated heterocycles. The third kappa shape index (κ3) is 1.62. The monoisotopic (exact) mass is 189 g/mol. The summed E-state index contributed by atoms with van der Waals surface area (Å²) in [5, 5.41) is 1.62. The van der Waals surface area contributed by atoms with Crippen molar-refractivity contribution in [3.63, 3.8) is 0 Å². The highest BCUT2D eigenvalue weighted by Gasteiger charge is 2.20. The Morgan fingerprint density at radius 1 is 1.36 bits per heavy atom. The van der Waals surface area contributed by atoms with Gasteiger partial charge in [0.1, 0.15) is 18.6 Å². The van der Waals surface area contributed by atoms with Crippen molar-refractivity contribution < 1.29 is 9.63 Å². The van der Waals surface area contributed by atoms with Gasteiger partial charge < -0.3 is 9.63 Å². The van der Waals surface area contributed by atoms with Gasteiger partial charge in [-0.1, -0.05) is 18.2 Å². The van der Waals surface area contributed by atoms with Crippen LogP contribution in [0, 0.1) is 0 Å². The van der Waals surface area contributed by atoms with E-state index < -0.39 is 0 Å². The van der Waals surface area contributed by atoms with Gasteiger partial charge in [0, 0.05) is 0 Å². The maximum Gasteiger partial charge on any atom is 0.146 e. The quantitative estimate of drug-likeness (QED) is 0.665. The second-order valence-corrected chi connectivity index (χ2v) is 3.08. The first-order chi connectivity index (χ1) is 6.92. The molecule has 1 aromatic carbocycles. The first kappa shape index (κ1) is 8.81. The van der Waals surface area contributed by atoms with Gasteiger partial charge in [-0.15, -0.1) is 0 Å². The topological polar surface area (TPSA) is 29.5 Å². The number of carbonyl (C=O) groups is 1. The molecular formula is C11H11NO2. The molecule has 3 heteroatoms. The fourth-order valence-corrected chi connectivity index (χ4v) is 1.42. The smallest absolute Gasteiger partial charge is 0.146 e. The molecule has 0 saturated carbocycles. The van der Waals surface area contributed by atoms with Crippen LogP contribution >= 0.6 is 0 Å². The van der Waals surface area contributed by atoms with Crippen molar-refractivity contribution in [2.24, 2.45) is 0 Å². The molecule has 0 radical (unpaired) electrons. The Hall–Kier alpha value is -1.77. The zero-order chi connectivity index (χ0) is 9.80. The number of aldehydes is 1. The van der Waals surface area contributed by atoms with Crippen molar-refractivity contribution >= 4 is 12.0 Å². The third-order valence-electron chi connectivity index (χ3n) is 2.12. The molecule has 14 heavy (non-hydrogen) atoms. The number of hydrogen-bond acceptors (Lipinski definition) is 3. The molecule has 0 bridgehead atoms. The summed E-state index contributed by atoms with van der Waals surface area (Å²) < 4.78 is 0. The Morgan fingerprint density at radius 3 is 2.86 bits per heavy atom. The highest BCUT2D eigenvalue weighted by atomic mass is 16.7. The fourth-order valence-electron chi connectivity index (χ4n) is 1.42. The molecule has 0 aromatic heterocycles. The normalized spacial score (nSPS) is 20.3. The Balaban J connectivity index is 2.24. The maximum absolute atomic E-state index is 10.8. The second-order valence-electron chi connectivity index (χ2n) is 3.08. The number of carbonyl (C=O) groups excluding carboxylic acids is 1. The lowest BCUT2D eigenvalue weighted by atomic mass is 10.2. The summed E-state index contributed by atoms with van der Waals surface area (Å²) in [4.78, 5) is 16.1. The molecule has 0 spiro atoms. The number of benzene rings is 1. The van der Waals surface area contributed by atoms with Gasteiger partial charge in [-0.05, 0) is 24.6 Å². The number of para-hydroxylation sites is 1. The number of rotatable bonds is 2. The van der Waals surface area contributed by atoms with Gasteiger partial charge in [0.15, 0.2) is 0 Å². The van der Waals surface area contributed by atoms with Crippen molar-refractivity contribution in [2.45, 2.75) is 12.5 Å². The van der Waals surface area contributed by atoms with Crippen LogP contribution in [0.3, 0.4) is 0 Å². The molecule has 3 nitrogen and oxygen atoms in total. The summed E-state index contributed by atoms with van der Waals surface area (Å²) in [5.74, 6) is 0. The minimum Gasteiger partial charge on any atom is -0.387 e. The van der Waals surface area contributed by atoms with Crippen molar-refractivity contribution in [1.82, 2.24) is 0 Å². The zero-order valence-electron chi connectivity index (χ0n) is 7.67. The van der Waals surface area contributed by atoms with Crippen LogP contribution in [-0.4, -0.2) is 12.3 Å². The highest BCUT2D eigenvalue weighted by Crippen LogP contribution is 2.20. The molecule has 72 valence electrons.